The molecule has 0 amide bonds. The van der Waals surface area contributed by atoms with Crippen LogP contribution in [-0.4, -0.2) is 43.3 Å². The van der Waals surface area contributed by atoms with Crippen molar-refractivity contribution in [3.63, 3.8) is 0 Å². The van der Waals surface area contributed by atoms with Gasteiger partial charge in [0.2, 0.25) is 10.0 Å². The van der Waals surface area contributed by atoms with Gasteiger partial charge in [-0.15, -0.1) is 0 Å². The maximum Gasteiger partial charge on any atom is 0.214 e. The van der Waals surface area contributed by atoms with E-state index < -0.39 is 10.0 Å². The number of aliphatic hydroxyl groups excluding tert-OH is 1. The van der Waals surface area contributed by atoms with E-state index in [1.807, 2.05) is 20.8 Å². The van der Waals surface area contributed by atoms with Gasteiger partial charge in [0.05, 0.1) is 12.4 Å². The Hall–Kier alpha value is -0.130. The van der Waals surface area contributed by atoms with Crippen LogP contribution in [0.1, 0.15) is 40.0 Å². The standard InChI is InChI=1S/C11H25NO3S/c1-4-5-7-12(8-9-13)16(14,15)10-6-11(2)3/h11,13H,4-10H2,1-3H3. The Morgan fingerprint density at radius 2 is 1.88 bits per heavy atom. The highest BCUT2D eigenvalue weighted by Crippen LogP contribution is 2.09. The highest BCUT2D eigenvalue weighted by Gasteiger charge is 2.20. The van der Waals surface area contributed by atoms with Crippen molar-refractivity contribution in [2.75, 3.05) is 25.4 Å². The molecule has 1 N–H and O–H groups in total. The molecule has 0 bridgehead atoms. The first kappa shape index (κ1) is 15.9. The summed E-state index contributed by atoms with van der Waals surface area (Å²) in [4.78, 5) is 0. The SMILES string of the molecule is CCCCN(CCO)S(=O)(=O)CCC(C)C. The molecule has 0 saturated heterocycles. The van der Waals surface area contributed by atoms with Gasteiger partial charge in [-0.1, -0.05) is 27.2 Å². The van der Waals surface area contributed by atoms with Gasteiger partial charge in [-0.3, -0.25) is 0 Å². The van der Waals surface area contributed by atoms with Crippen LogP contribution in [0, 0.1) is 5.92 Å². The Balaban J connectivity index is 4.37. The van der Waals surface area contributed by atoms with Crippen LogP contribution in [0.2, 0.25) is 0 Å². The van der Waals surface area contributed by atoms with Crippen molar-refractivity contribution in [1.29, 1.82) is 0 Å². The lowest BCUT2D eigenvalue weighted by Gasteiger charge is -2.21. The molecule has 5 heteroatoms. The van der Waals surface area contributed by atoms with E-state index in [9.17, 15) is 8.42 Å². The minimum Gasteiger partial charge on any atom is -0.395 e. The third kappa shape index (κ3) is 6.45. The fourth-order valence-corrected chi connectivity index (χ4v) is 3.14. The summed E-state index contributed by atoms with van der Waals surface area (Å²) in [6, 6.07) is 0. The molecule has 0 aromatic heterocycles. The van der Waals surface area contributed by atoms with Crippen LogP contribution in [-0.2, 0) is 10.0 Å². The quantitative estimate of drug-likeness (QED) is 0.675. The molecule has 0 heterocycles. The first-order valence-corrected chi connectivity index (χ1v) is 7.63. The van der Waals surface area contributed by atoms with Gasteiger partial charge in [0.1, 0.15) is 0 Å². The average Bonchev–Trinajstić information content (AvgIpc) is 2.21. The molecule has 0 fully saturated rings. The molecular weight excluding hydrogens is 226 g/mol. The molecule has 0 spiro atoms. The van der Waals surface area contributed by atoms with E-state index in [1.54, 1.807) is 0 Å². The molecule has 0 rings (SSSR count). The second-order valence-corrected chi connectivity index (χ2v) is 6.56. The number of aliphatic hydroxyl groups is 1. The molecule has 0 aliphatic carbocycles. The fourth-order valence-electron chi connectivity index (χ4n) is 1.35. The first-order valence-electron chi connectivity index (χ1n) is 6.02. The molecule has 0 unspecified atom stereocenters. The topological polar surface area (TPSA) is 57.6 Å². The maximum absolute atomic E-state index is 11.9. The second kappa shape index (κ2) is 8.03. The molecule has 0 aliphatic heterocycles. The summed E-state index contributed by atoms with van der Waals surface area (Å²) in [5.74, 6) is 0.575. The van der Waals surface area contributed by atoms with E-state index >= 15 is 0 Å². The van der Waals surface area contributed by atoms with Crippen LogP contribution >= 0.6 is 0 Å². The van der Waals surface area contributed by atoms with Gasteiger partial charge < -0.3 is 5.11 Å². The van der Waals surface area contributed by atoms with Crippen LogP contribution in [0.3, 0.4) is 0 Å². The Morgan fingerprint density at radius 3 is 2.31 bits per heavy atom. The zero-order valence-corrected chi connectivity index (χ0v) is 11.5. The monoisotopic (exact) mass is 251 g/mol. The number of nitrogens with zero attached hydrogens (tertiary/aromatic N) is 1. The van der Waals surface area contributed by atoms with Crippen LogP contribution < -0.4 is 0 Å². The Labute approximate surface area is 99.7 Å². The van der Waals surface area contributed by atoms with Gasteiger partial charge in [0.15, 0.2) is 0 Å². The van der Waals surface area contributed by atoms with Crippen LogP contribution in [0.25, 0.3) is 0 Å². The molecule has 16 heavy (non-hydrogen) atoms. The van der Waals surface area contributed by atoms with Crippen molar-refractivity contribution < 1.29 is 13.5 Å². The summed E-state index contributed by atoms with van der Waals surface area (Å²) < 4.78 is 25.3. The van der Waals surface area contributed by atoms with Crippen molar-refractivity contribution >= 4 is 10.0 Å². The van der Waals surface area contributed by atoms with E-state index in [2.05, 4.69) is 0 Å². The molecule has 0 saturated carbocycles. The van der Waals surface area contributed by atoms with Gasteiger partial charge in [0, 0.05) is 13.1 Å². The summed E-state index contributed by atoms with van der Waals surface area (Å²) in [7, 11) is -3.18. The van der Waals surface area contributed by atoms with Gasteiger partial charge in [-0.05, 0) is 18.8 Å². The minimum absolute atomic E-state index is 0.107. The van der Waals surface area contributed by atoms with Crippen molar-refractivity contribution in [3.05, 3.63) is 0 Å². The highest BCUT2D eigenvalue weighted by molar-refractivity contribution is 7.89. The molecule has 0 aromatic rings. The summed E-state index contributed by atoms with van der Waals surface area (Å²) >= 11 is 0. The molecule has 0 aliphatic rings. The number of unbranched alkanes of at least 4 members (excludes halogenated alkanes) is 1. The molecule has 0 aromatic carbocycles. The van der Waals surface area contributed by atoms with Crippen molar-refractivity contribution in [3.8, 4) is 0 Å². The lowest BCUT2D eigenvalue weighted by atomic mass is 10.2. The van der Waals surface area contributed by atoms with E-state index in [0.717, 1.165) is 12.8 Å². The third-order valence-corrected chi connectivity index (χ3v) is 4.36. The van der Waals surface area contributed by atoms with Gasteiger partial charge in [0.25, 0.3) is 0 Å². The average molecular weight is 251 g/mol. The normalized spacial score (nSPS) is 12.6. The zero-order valence-electron chi connectivity index (χ0n) is 10.6. The second-order valence-electron chi connectivity index (χ2n) is 4.47. The summed E-state index contributed by atoms with van der Waals surface area (Å²) in [5, 5.41) is 8.87. The largest absolute Gasteiger partial charge is 0.395 e. The van der Waals surface area contributed by atoms with E-state index in [4.69, 9.17) is 5.11 Å². The van der Waals surface area contributed by atoms with Gasteiger partial charge >= 0.3 is 0 Å². The molecule has 0 radical (unpaired) electrons. The summed E-state index contributed by atoms with van der Waals surface area (Å²) in [6.45, 7) is 6.69. The molecule has 98 valence electrons. The number of sulfonamides is 1. The predicted octanol–water partition coefficient (Wildman–Crippen LogP) is 1.46. The van der Waals surface area contributed by atoms with Crippen LogP contribution in [0.15, 0.2) is 0 Å². The van der Waals surface area contributed by atoms with E-state index in [1.165, 1.54) is 4.31 Å². The summed E-state index contributed by atoms with van der Waals surface area (Å²) in [5.41, 5.74) is 0. The number of rotatable bonds is 9. The van der Waals surface area contributed by atoms with Gasteiger partial charge in [-0.2, -0.15) is 4.31 Å². The Kier molecular flexibility index (Phi) is 7.97. The Morgan fingerprint density at radius 1 is 1.25 bits per heavy atom. The van der Waals surface area contributed by atoms with Crippen LogP contribution in [0.5, 0.6) is 0 Å². The van der Waals surface area contributed by atoms with E-state index in [-0.39, 0.29) is 18.9 Å². The van der Waals surface area contributed by atoms with Crippen molar-refractivity contribution in [2.45, 2.75) is 40.0 Å². The molecule has 0 atom stereocenters. The highest BCUT2D eigenvalue weighted by atomic mass is 32.2. The fraction of sp³-hybridized carbons (Fsp3) is 1.00. The van der Waals surface area contributed by atoms with Gasteiger partial charge in [-0.25, -0.2) is 8.42 Å². The van der Waals surface area contributed by atoms with Crippen molar-refractivity contribution in [1.82, 2.24) is 4.31 Å². The smallest absolute Gasteiger partial charge is 0.214 e. The first-order chi connectivity index (χ1) is 7.44. The maximum atomic E-state index is 11.9. The lowest BCUT2D eigenvalue weighted by Crippen LogP contribution is -2.36. The lowest BCUT2D eigenvalue weighted by molar-refractivity contribution is 0.252. The van der Waals surface area contributed by atoms with Crippen molar-refractivity contribution in [2.24, 2.45) is 5.92 Å². The Bertz CT molecular complexity index is 262. The number of hydrogen-bond donors (Lipinski definition) is 1. The minimum atomic E-state index is -3.18. The third-order valence-electron chi connectivity index (χ3n) is 2.46. The molecule has 4 nitrogen and oxygen atoms in total. The number of hydrogen-bond acceptors (Lipinski definition) is 3. The van der Waals surface area contributed by atoms with E-state index in [0.29, 0.717) is 18.9 Å². The van der Waals surface area contributed by atoms with Crippen LogP contribution in [0.4, 0.5) is 0 Å². The zero-order chi connectivity index (χ0) is 12.6. The predicted molar refractivity (Wildman–Crippen MR) is 66.8 cm³/mol. The summed E-state index contributed by atoms with van der Waals surface area (Å²) in [6.07, 6.45) is 2.49. The molecular formula is C11H25NO3S.